The first-order valence-corrected chi connectivity index (χ1v) is 9.09. The number of carbonyl (C=O) groups excluding carboxylic acids is 1. The van der Waals surface area contributed by atoms with Crippen LogP contribution in [0.3, 0.4) is 0 Å². The zero-order chi connectivity index (χ0) is 20.8. The minimum Gasteiger partial charge on any atom is -0.467 e. The number of hydrogen-bond acceptors (Lipinski definition) is 6. The number of pyridine rings is 1. The molecule has 0 spiro atoms. The van der Waals surface area contributed by atoms with Gasteiger partial charge in [0, 0.05) is 29.3 Å². The van der Waals surface area contributed by atoms with Crippen molar-refractivity contribution in [3.63, 3.8) is 0 Å². The van der Waals surface area contributed by atoms with Crippen LogP contribution in [0.2, 0.25) is 0 Å². The van der Waals surface area contributed by atoms with Crippen LogP contribution in [-0.4, -0.2) is 20.8 Å². The molecule has 148 valence electrons. The Bertz CT molecular complexity index is 1040. The summed E-state index contributed by atoms with van der Waals surface area (Å²) >= 11 is 5.48. The molecule has 2 aromatic heterocycles. The van der Waals surface area contributed by atoms with Gasteiger partial charge in [-0.1, -0.05) is 24.4 Å². The maximum Gasteiger partial charge on any atom is 0.270 e. The number of nitro benzene ring substituents is 1. The monoisotopic (exact) mass is 412 g/mol. The molecule has 3 rings (SSSR count). The van der Waals surface area contributed by atoms with Gasteiger partial charge < -0.3 is 14.8 Å². The Kier molecular flexibility index (Phi) is 6.43. The van der Waals surface area contributed by atoms with Crippen molar-refractivity contribution in [3.05, 3.63) is 94.2 Å². The van der Waals surface area contributed by atoms with Crippen molar-refractivity contribution in [1.82, 2.24) is 5.32 Å². The Morgan fingerprint density at radius 3 is 2.79 bits per heavy atom. The molecule has 8 nitrogen and oxygen atoms in total. The molecule has 0 aliphatic carbocycles. The lowest BCUT2D eigenvalue weighted by molar-refractivity contribution is -0.692. The average molecular weight is 412 g/mol. The number of hydrogen-bond donors (Lipinski definition) is 2. The van der Waals surface area contributed by atoms with Gasteiger partial charge in [-0.15, -0.1) is 0 Å². The molecule has 0 bridgehead atoms. The number of aliphatic hydroxyl groups excluding tert-OH is 1. The summed E-state index contributed by atoms with van der Waals surface area (Å²) in [7, 11) is 0. The van der Waals surface area contributed by atoms with Gasteiger partial charge in [0.15, 0.2) is 17.4 Å². The number of ketones is 1. The number of furan rings is 1. The molecule has 1 atom stereocenters. The average Bonchev–Trinajstić information content (AvgIpc) is 3.26. The normalized spacial score (nSPS) is 11.6. The molecular formula is C20H18N3O5S+. The lowest BCUT2D eigenvalue weighted by Gasteiger charge is -2.14. The molecule has 29 heavy (non-hydrogen) atoms. The molecule has 0 unspecified atom stereocenters. The topological polar surface area (TPSA) is 109 Å². The van der Waals surface area contributed by atoms with Crippen molar-refractivity contribution in [2.75, 3.05) is 0 Å². The van der Waals surface area contributed by atoms with Gasteiger partial charge in [-0.2, -0.15) is 4.57 Å². The summed E-state index contributed by atoms with van der Waals surface area (Å²) in [6.07, 6.45) is 4.80. The van der Waals surface area contributed by atoms with E-state index >= 15 is 0 Å². The third-order valence-corrected chi connectivity index (χ3v) is 4.59. The maximum atomic E-state index is 13.3. The highest BCUT2D eigenvalue weighted by Crippen LogP contribution is 2.18. The number of thiocarbonyl (C=S) groups is 1. The van der Waals surface area contributed by atoms with Crippen LogP contribution in [0, 0.1) is 10.1 Å². The maximum absolute atomic E-state index is 13.3. The molecule has 0 fully saturated rings. The van der Waals surface area contributed by atoms with Gasteiger partial charge in [0.05, 0.1) is 24.3 Å². The zero-order valence-corrected chi connectivity index (χ0v) is 16.0. The Balaban J connectivity index is 1.94. The van der Waals surface area contributed by atoms with Gasteiger partial charge in [-0.25, -0.2) is 0 Å². The second-order valence-electron chi connectivity index (χ2n) is 6.19. The molecule has 1 aromatic carbocycles. The number of aromatic nitrogens is 1. The van der Waals surface area contributed by atoms with E-state index in [1.54, 1.807) is 41.2 Å². The first kappa shape index (κ1) is 20.3. The Labute approximate surface area is 171 Å². The van der Waals surface area contributed by atoms with Gasteiger partial charge in [0.1, 0.15) is 5.76 Å². The fourth-order valence-electron chi connectivity index (χ4n) is 2.80. The molecule has 2 N–H and O–H groups in total. The summed E-state index contributed by atoms with van der Waals surface area (Å²) in [6, 6.07) is 11.5. The number of nitro groups is 1. The van der Waals surface area contributed by atoms with Crippen LogP contribution in [0.1, 0.15) is 27.7 Å². The Hall–Kier alpha value is -3.43. The molecule has 0 saturated carbocycles. The molecule has 9 heteroatoms. The molecule has 0 radical (unpaired) electrons. The van der Waals surface area contributed by atoms with E-state index in [0.29, 0.717) is 11.3 Å². The van der Waals surface area contributed by atoms with E-state index in [0.717, 1.165) is 0 Å². The van der Waals surface area contributed by atoms with Crippen molar-refractivity contribution in [3.8, 4) is 0 Å². The number of nitrogens with zero attached hydrogens (tertiary/aromatic N) is 2. The lowest BCUT2D eigenvalue weighted by Crippen LogP contribution is -2.51. The zero-order valence-electron chi connectivity index (χ0n) is 15.2. The number of rotatable bonds is 8. The lowest BCUT2D eigenvalue weighted by atomic mass is 10.0. The van der Waals surface area contributed by atoms with E-state index in [9.17, 15) is 20.0 Å². The van der Waals surface area contributed by atoms with E-state index in [1.165, 1.54) is 30.5 Å². The predicted octanol–water partition coefficient (Wildman–Crippen LogP) is 2.51. The number of nitrogens with one attached hydrogen (secondary N) is 1. The van der Waals surface area contributed by atoms with Crippen LogP contribution in [0.15, 0.2) is 71.6 Å². The quantitative estimate of drug-likeness (QED) is 0.192. The highest BCUT2D eigenvalue weighted by Gasteiger charge is 2.34. The second kappa shape index (κ2) is 9.18. The summed E-state index contributed by atoms with van der Waals surface area (Å²) in [4.78, 5) is 24.0. The number of Topliss-reactive ketones (excluding diaryl/α,β-unsaturated/α-hetero) is 1. The third-order valence-electron chi connectivity index (χ3n) is 4.22. The second-order valence-corrected chi connectivity index (χ2v) is 6.63. The summed E-state index contributed by atoms with van der Waals surface area (Å²) in [5, 5.41) is 23.5. The number of carbonyl (C=O) groups is 1. The van der Waals surface area contributed by atoms with Gasteiger partial charge in [0.25, 0.3) is 11.7 Å². The molecule has 0 aliphatic rings. The fourth-order valence-corrected chi connectivity index (χ4v) is 3.10. The molecule has 3 aromatic rings. The molecule has 2 heterocycles. The van der Waals surface area contributed by atoms with E-state index in [4.69, 9.17) is 16.6 Å². The largest absolute Gasteiger partial charge is 0.467 e. The number of aliphatic hydroxyl groups is 1. The summed E-state index contributed by atoms with van der Waals surface area (Å²) in [5.74, 6) is 0.230. The van der Waals surface area contributed by atoms with E-state index in [1.807, 2.05) is 0 Å². The minimum absolute atomic E-state index is 0.160. The van der Waals surface area contributed by atoms with Gasteiger partial charge >= 0.3 is 0 Å². The molecular weight excluding hydrogens is 394 g/mol. The predicted molar refractivity (Wildman–Crippen MR) is 107 cm³/mol. The first-order chi connectivity index (χ1) is 14.0. The van der Waals surface area contributed by atoms with Crippen LogP contribution < -0.4 is 9.88 Å². The van der Waals surface area contributed by atoms with Crippen LogP contribution in [-0.2, 0) is 13.2 Å². The molecule has 0 saturated heterocycles. The SMILES string of the molecule is O=C(c1cccc([N+](=O)[O-])c1)[C@@H](C(=S)NCc1ccco1)[n+]1cccc(CO)c1. The summed E-state index contributed by atoms with van der Waals surface area (Å²) < 4.78 is 6.84. The van der Waals surface area contributed by atoms with Crippen molar-refractivity contribution in [2.45, 2.75) is 19.2 Å². The summed E-state index contributed by atoms with van der Waals surface area (Å²) in [6.45, 7) is 0.0793. The van der Waals surface area contributed by atoms with Crippen molar-refractivity contribution < 1.29 is 23.8 Å². The highest BCUT2D eigenvalue weighted by atomic mass is 32.1. The van der Waals surface area contributed by atoms with Crippen LogP contribution in [0.4, 0.5) is 5.69 Å². The Morgan fingerprint density at radius 2 is 2.10 bits per heavy atom. The van der Waals surface area contributed by atoms with Gasteiger partial charge in [-0.05, 0) is 18.2 Å². The van der Waals surface area contributed by atoms with Crippen molar-refractivity contribution in [1.29, 1.82) is 0 Å². The highest BCUT2D eigenvalue weighted by molar-refractivity contribution is 7.80. The minimum atomic E-state index is -0.950. The van der Waals surface area contributed by atoms with E-state index in [2.05, 4.69) is 5.32 Å². The third kappa shape index (κ3) is 4.89. The number of benzene rings is 1. The molecule has 0 amide bonds. The van der Waals surface area contributed by atoms with E-state index < -0.39 is 16.7 Å². The van der Waals surface area contributed by atoms with E-state index in [-0.39, 0.29) is 29.4 Å². The van der Waals surface area contributed by atoms with Crippen LogP contribution in [0.5, 0.6) is 0 Å². The van der Waals surface area contributed by atoms with Crippen LogP contribution >= 0.6 is 12.2 Å². The number of non-ortho nitro benzene ring substituents is 1. The summed E-state index contributed by atoms with van der Waals surface area (Å²) in [5.41, 5.74) is 0.574. The molecule has 0 aliphatic heterocycles. The fraction of sp³-hybridized carbons (Fsp3) is 0.150. The van der Waals surface area contributed by atoms with Crippen molar-refractivity contribution in [2.24, 2.45) is 0 Å². The smallest absolute Gasteiger partial charge is 0.270 e. The standard InChI is InChI=1S/C20H17N3O5S/c24-13-14-4-2-8-22(12-14)18(20(29)21-11-17-7-3-9-28-17)19(25)15-5-1-6-16(10-15)23(26)27/h1-10,12,18,24H,11,13H2/p+1/t18-/m0/s1. The first-order valence-electron chi connectivity index (χ1n) is 8.69. The Morgan fingerprint density at radius 1 is 1.28 bits per heavy atom. The van der Waals surface area contributed by atoms with Gasteiger partial charge in [0.2, 0.25) is 5.78 Å². The van der Waals surface area contributed by atoms with Crippen LogP contribution in [0.25, 0.3) is 0 Å². The van der Waals surface area contributed by atoms with Gasteiger partial charge in [-0.3, -0.25) is 14.9 Å². The van der Waals surface area contributed by atoms with Crippen molar-refractivity contribution >= 4 is 28.7 Å².